The number of benzene rings is 2. The van der Waals surface area contributed by atoms with Crippen molar-refractivity contribution in [2.75, 3.05) is 0 Å². The average molecular weight is 357 g/mol. The molecule has 0 aromatic heterocycles. The van der Waals surface area contributed by atoms with Gasteiger partial charge >= 0.3 is 6.18 Å². The van der Waals surface area contributed by atoms with Crippen LogP contribution < -0.4 is 0 Å². The monoisotopic (exact) mass is 356 g/mol. The van der Waals surface area contributed by atoms with Crippen LogP contribution in [0.15, 0.2) is 42.5 Å². The molecule has 0 fully saturated rings. The summed E-state index contributed by atoms with van der Waals surface area (Å²) < 4.78 is 37.6. The molecule has 112 valence electrons. The van der Waals surface area contributed by atoms with Crippen molar-refractivity contribution in [3.05, 3.63) is 70.3 Å². The van der Waals surface area contributed by atoms with Crippen molar-refractivity contribution < 1.29 is 13.2 Å². The van der Waals surface area contributed by atoms with Crippen LogP contribution in [0.2, 0.25) is 0 Å². The lowest BCUT2D eigenvalue weighted by Crippen LogP contribution is -2.05. The lowest BCUT2D eigenvalue weighted by Gasteiger charge is -2.15. The topological polar surface area (TPSA) is 0 Å². The van der Waals surface area contributed by atoms with Crippen LogP contribution >= 0.6 is 15.9 Å². The highest BCUT2D eigenvalue weighted by atomic mass is 79.9. The molecular formula is C17H16BrF3. The fraction of sp³-hybridized carbons (Fsp3) is 0.294. The van der Waals surface area contributed by atoms with Gasteiger partial charge in [-0.1, -0.05) is 46.3 Å². The zero-order valence-corrected chi connectivity index (χ0v) is 13.4. The maximum atomic E-state index is 12.5. The highest BCUT2D eigenvalue weighted by molar-refractivity contribution is 9.09. The number of hydrogen-bond acceptors (Lipinski definition) is 0. The van der Waals surface area contributed by atoms with Crippen LogP contribution in [0.5, 0.6) is 0 Å². The second-order valence-electron chi connectivity index (χ2n) is 5.16. The van der Waals surface area contributed by atoms with E-state index in [-0.39, 0.29) is 4.83 Å². The fourth-order valence-corrected chi connectivity index (χ4v) is 3.13. The second-order valence-corrected chi connectivity index (χ2v) is 6.26. The van der Waals surface area contributed by atoms with Crippen LogP contribution in [0.3, 0.4) is 0 Å². The predicted molar refractivity (Wildman–Crippen MR) is 82.7 cm³/mol. The second kappa shape index (κ2) is 6.22. The Morgan fingerprint density at radius 1 is 1.00 bits per heavy atom. The fourth-order valence-electron chi connectivity index (χ4n) is 2.26. The minimum atomic E-state index is -4.28. The Morgan fingerprint density at radius 3 is 2.19 bits per heavy atom. The summed E-state index contributed by atoms with van der Waals surface area (Å²) in [5.41, 5.74) is 3.88. The van der Waals surface area contributed by atoms with E-state index in [0.29, 0.717) is 6.42 Å². The first-order valence-corrected chi connectivity index (χ1v) is 7.57. The van der Waals surface area contributed by atoms with Crippen LogP contribution in [0.25, 0.3) is 0 Å². The van der Waals surface area contributed by atoms with Gasteiger partial charge in [0.25, 0.3) is 0 Å². The molecule has 21 heavy (non-hydrogen) atoms. The van der Waals surface area contributed by atoms with Crippen molar-refractivity contribution in [1.29, 1.82) is 0 Å². The average Bonchev–Trinajstić information content (AvgIpc) is 2.41. The zero-order valence-electron chi connectivity index (χ0n) is 11.8. The maximum absolute atomic E-state index is 12.5. The first kappa shape index (κ1) is 16.1. The molecule has 2 aromatic rings. The molecule has 0 N–H and O–H groups in total. The van der Waals surface area contributed by atoms with E-state index in [9.17, 15) is 13.2 Å². The highest BCUT2D eigenvalue weighted by Gasteiger charge is 2.30. The Kier molecular flexibility index (Phi) is 4.77. The Morgan fingerprint density at radius 2 is 1.62 bits per heavy atom. The van der Waals surface area contributed by atoms with E-state index in [1.165, 1.54) is 16.7 Å². The molecule has 0 bridgehead atoms. The van der Waals surface area contributed by atoms with Crippen LogP contribution in [-0.4, -0.2) is 0 Å². The van der Waals surface area contributed by atoms with Gasteiger partial charge in [0.1, 0.15) is 0 Å². The van der Waals surface area contributed by atoms with Gasteiger partial charge in [-0.15, -0.1) is 0 Å². The van der Waals surface area contributed by atoms with E-state index in [1.54, 1.807) is 12.1 Å². The van der Waals surface area contributed by atoms with Crippen molar-refractivity contribution in [1.82, 2.24) is 0 Å². The molecule has 0 saturated heterocycles. The van der Waals surface area contributed by atoms with Gasteiger partial charge in [-0.25, -0.2) is 0 Å². The van der Waals surface area contributed by atoms with E-state index in [0.717, 1.165) is 17.7 Å². The van der Waals surface area contributed by atoms with Gasteiger partial charge in [-0.05, 0) is 54.7 Å². The Hall–Kier alpha value is -1.29. The number of rotatable bonds is 3. The SMILES string of the molecule is Cc1cccc(C(Br)Cc2ccc(C(F)(F)F)cc2)c1C. The summed E-state index contributed by atoms with van der Waals surface area (Å²) in [6.45, 7) is 4.11. The van der Waals surface area contributed by atoms with E-state index in [4.69, 9.17) is 0 Å². The number of halogens is 4. The van der Waals surface area contributed by atoms with E-state index in [1.807, 2.05) is 12.1 Å². The zero-order chi connectivity index (χ0) is 15.6. The van der Waals surface area contributed by atoms with Crippen LogP contribution in [-0.2, 0) is 12.6 Å². The summed E-state index contributed by atoms with van der Waals surface area (Å²) in [5, 5.41) is 0. The molecule has 1 atom stereocenters. The summed E-state index contributed by atoms with van der Waals surface area (Å²) in [6.07, 6.45) is -3.62. The quantitative estimate of drug-likeness (QED) is 0.591. The van der Waals surface area contributed by atoms with Crippen molar-refractivity contribution in [3.8, 4) is 0 Å². The molecule has 1 unspecified atom stereocenters. The molecule has 0 spiro atoms. The van der Waals surface area contributed by atoms with Gasteiger partial charge < -0.3 is 0 Å². The van der Waals surface area contributed by atoms with Crippen molar-refractivity contribution >= 4 is 15.9 Å². The molecule has 0 heterocycles. The molecule has 0 amide bonds. The smallest absolute Gasteiger partial charge is 0.166 e. The molecule has 0 aliphatic heterocycles. The van der Waals surface area contributed by atoms with Crippen molar-refractivity contribution in [2.45, 2.75) is 31.3 Å². The minimum absolute atomic E-state index is 0.0918. The van der Waals surface area contributed by atoms with Gasteiger partial charge in [0, 0.05) is 4.83 Å². The molecule has 0 saturated carbocycles. The third-order valence-electron chi connectivity index (χ3n) is 3.68. The number of alkyl halides is 4. The number of hydrogen-bond donors (Lipinski definition) is 0. The van der Waals surface area contributed by atoms with Crippen LogP contribution in [0, 0.1) is 13.8 Å². The first-order chi connectivity index (χ1) is 9.79. The van der Waals surface area contributed by atoms with E-state index < -0.39 is 11.7 Å². The van der Waals surface area contributed by atoms with Gasteiger partial charge in [0.2, 0.25) is 0 Å². The summed E-state index contributed by atoms with van der Waals surface area (Å²) in [7, 11) is 0. The molecule has 4 heteroatoms. The van der Waals surface area contributed by atoms with E-state index in [2.05, 4.69) is 35.8 Å². The Bertz CT molecular complexity index is 615. The molecule has 2 rings (SSSR count). The van der Waals surface area contributed by atoms with Gasteiger partial charge in [0.05, 0.1) is 5.56 Å². The maximum Gasteiger partial charge on any atom is 0.416 e. The molecular weight excluding hydrogens is 341 g/mol. The van der Waals surface area contributed by atoms with Crippen molar-refractivity contribution in [2.24, 2.45) is 0 Å². The van der Waals surface area contributed by atoms with E-state index >= 15 is 0 Å². The van der Waals surface area contributed by atoms with Crippen molar-refractivity contribution in [3.63, 3.8) is 0 Å². The van der Waals surface area contributed by atoms with Crippen LogP contribution in [0.4, 0.5) is 13.2 Å². The summed E-state index contributed by atoms with van der Waals surface area (Å²) in [6, 6.07) is 11.5. The Labute approximate surface area is 131 Å². The third kappa shape index (κ3) is 3.88. The summed E-state index contributed by atoms with van der Waals surface area (Å²) >= 11 is 3.64. The minimum Gasteiger partial charge on any atom is -0.166 e. The number of aryl methyl sites for hydroxylation is 1. The highest BCUT2D eigenvalue weighted by Crippen LogP contribution is 2.32. The predicted octanol–water partition coefficient (Wildman–Crippen LogP) is 6.00. The standard InChI is InChI=1S/C17H16BrF3/c1-11-4-3-5-15(12(11)2)16(18)10-13-6-8-14(9-7-13)17(19,20)21/h3-9,16H,10H2,1-2H3. The normalized spacial score (nSPS) is 13.2. The third-order valence-corrected chi connectivity index (χ3v) is 4.50. The molecule has 0 aliphatic carbocycles. The summed E-state index contributed by atoms with van der Waals surface area (Å²) in [5.74, 6) is 0. The molecule has 2 aromatic carbocycles. The summed E-state index contributed by atoms with van der Waals surface area (Å²) in [4.78, 5) is 0.0918. The Balaban J connectivity index is 2.16. The molecule has 0 aliphatic rings. The van der Waals surface area contributed by atoms with Gasteiger partial charge in [0.15, 0.2) is 0 Å². The largest absolute Gasteiger partial charge is 0.416 e. The lowest BCUT2D eigenvalue weighted by atomic mass is 9.97. The lowest BCUT2D eigenvalue weighted by molar-refractivity contribution is -0.137. The van der Waals surface area contributed by atoms with Gasteiger partial charge in [-0.2, -0.15) is 13.2 Å². The van der Waals surface area contributed by atoms with Gasteiger partial charge in [-0.3, -0.25) is 0 Å². The first-order valence-electron chi connectivity index (χ1n) is 6.65. The van der Waals surface area contributed by atoms with Crippen LogP contribution in [0.1, 0.15) is 32.6 Å². The molecule has 0 nitrogen and oxygen atoms in total. The molecule has 0 radical (unpaired) electrons.